The Kier molecular flexibility index (Phi) is 5.79. The number of fused-ring (bicyclic) bond motifs is 1. The van der Waals surface area contributed by atoms with E-state index >= 15 is 0 Å². The fraction of sp³-hybridized carbons (Fsp3) is 0.478. The van der Waals surface area contributed by atoms with E-state index in [2.05, 4.69) is 0 Å². The standard InChI is InChI=1S/C23H27FN4O2/c1-3-20(29)27-12-4-5-17(14-27)22-25-15(2)19-10-11-21(30)28(23(19)26-22)13-16-6-8-18(24)9-7-16/h6-9,17H,3-5,10-14H2,1-2H3. The van der Waals surface area contributed by atoms with E-state index in [1.165, 1.54) is 12.1 Å². The second-order valence-corrected chi connectivity index (χ2v) is 8.11. The molecule has 0 aliphatic carbocycles. The Morgan fingerprint density at radius 3 is 2.70 bits per heavy atom. The van der Waals surface area contributed by atoms with Gasteiger partial charge >= 0.3 is 0 Å². The second-order valence-electron chi connectivity index (χ2n) is 8.11. The van der Waals surface area contributed by atoms with Gasteiger partial charge in [0.15, 0.2) is 0 Å². The topological polar surface area (TPSA) is 66.4 Å². The number of carbonyl (C=O) groups excluding carboxylic acids is 2. The first kappa shape index (κ1) is 20.4. The molecule has 0 spiro atoms. The zero-order valence-corrected chi connectivity index (χ0v) is 17.5. The second kappa shape index (κ2) is 8.50. The minimum atomic E-state index is -0.298. The molecule has 1 aromatic carbocycles. The van der Waals surface area contributed by atoms with Crippen LogP contribution in [0.1, 0.15) is 61.2 Å². The summed E-state index contributed by atoms with van der Waals surface area (Å²) in [7, 11) is 0. The molecule has 0 N–H and O–H groups in total. The zero-order valence-electron chi connectivity index (χ0n) is 17.5. The summed E-state index contributed by atoms with van der Waals surface area (Å²) in [5, 5.41) is 0. The van der Waals surface area contributed by atoms with E-state index in [1.807, 2.05) is 18.7 Å². The molecule has 6 nitrogen and oxygen atoms in total. The molecule has 7 heteroatoms. The summed E-state index contributed by atoms with van der Waals surface area (Å²) in [4.78, 5) is 38.1. The summed E-state index contributed by atoms with van der Waals surface area (Å²) in [5.41, 5.74) is 2.75. The first-order chi connectivity index (χ1) is 14.5. The lowest BCUT2D eigenvalue weighted by Gasteiger charge is -2.34. The number of hydrogen-bond donors (Lipinski definition) is 0. The van der Waals surface area contributed by atoms with E-state index in [0.717, 1.165) is 36.2 Å². The van der Waals surface area contributed by atoms with Crippen LogP contribution in [0.3, 0.4) is 0 Å². The van der Waals surface area contributed by atoms with Gasteiger partial charge in [-0.15, -0.1) is 0 Å². The lowest BCUT2D eigenvalue weighted by Crippen LogP contribution is -2.40. The van der Waals surface area contributed by atoms with Crippen LogP contribution in [0.2, 0.25) is 0 Å². The minimum absolute atomic E-state index is 0.0160. The molecular weight excluding hydrogens is 383 g/mol. The molecule has 1 fully saturated rings. The van der Waals surface area contributed by atoms with Crippen molar-refractivity contribution in [2.24, 2.45) is 0 Å². The highest BCUT2D eigenvalue weighted by molar-refractivity contribution is 5.95. The van der Waals surface area contributed by atoms with Crippen LogP contribution in [0.5, 0.6) is 0 Å². The molecule has 0 radical (unpaired) electrons. The molecule has 1 unspecified atom stereocenters. The summed E-state index contributed by atoms with van der Waals surface area (Å²) in [5.74, 6) is 1.32. The fourth-order valence-electron chi connectivity index (χ4n) is 4.36. The number of hydrogen-bond acceptors (Lipinski definition) is 4. The minimum Gasteiger partial charge on any atom is -0.342 e. The van der Waals surface area contributed by atoms with Crippen molar-refractivity contribution in [2.45, 2.75) is 58.4 Å². The van der Waals surface area contributed by atoms with Crippen LogP contribution in [0.4, 0.5) is 10.2 Å². The molecule has 2 aliphatic heterocycles. The Bertz CT molecular complexity index is 960. The van der Waals surface area contributed by atoms with Crippen LogP contribution >= 0.6 is 0 Å². The molecule has 3 heterocycles. The van der Waals surface area contributed by atoms with Crippen molar-refractivity contribution in [3.8, 4) is 0 Å². The monoisotopic (exact) mass is 410 g/mol. The Balaban J connectivity index is 1.65. The van der Waals surface area contributed by atoms with Gasteiger partial charge in [-0.05, 0) is 43.9 Å². The number of halogens is 1. The van der Waals surface area contributed by atoms with E-state index < -0.39 is 0 Å². The molecule has 0 saturated carbocycles. The van der Waals surface area contributed by atoms with E-state index in [0.29, 0.717) is 44.0 Å². The van der Waals surface area contributed by atoms with Gasteiger partial charge in [-0.25, -0.2) is 14.4 Å². The molecule has 4 rings (SSSR count). The Morgan fingerprint density at radius 2 is 1.97 bits per heavy atom. The highest BCUT2D eigenvalue weighted by Crippen LogP contribution is 2.33. The third kappa shape index (κ3) is 4.06. The molecule has 30 heavy (non-hydrogen) atoms. The maximum absolute atomic E-state index is 13.3. The van der Waals surface area contributed by atoms with Gasteiger partial charge in [0.25, 0.3) is 0 Å². The lowest BCUT2D eigenvalue weighted by atomic mass is 9.95. The van der Waals surface area contributed by atoms with Crippen molar-refractivity contribution in [3.05, 3.63) is 52.7 Å². The number of piperidine rings is 1. The van der Waals surface area contributed by atoms with Gasteiger partial charge in [-0.2, -0.15) is 0 Å². The molecule has 1 aromatic heterocycles. The summed E-state index contributed by atoms with van der Waals surface area (Å²) < 4.78 is 13.3. The van der Waals surface area contributed by atoms with Gasteiger partial charge in [-0.1, -0.05) is 19.1 Å². The molecular formula is C23H27FN4O2. The van der Waals surface area contributed by atoms with Gasteiger partial charge in [0, 0.05) is 43.1 Å². The molecule has 2 aliphatic rings. The van der Waals surface area contributed by atoms with Crippen molar-refractivity contribution in [1.29, 1.82) is 0 Å². The van der Waals surface area contributed by atoms with E-state index in [-0.39, 0.29) is 23.5 Å². The number of benzene rings is 1. The van der Waals surface area contributed by atoms with Crippen molar-refractivity contribution in [1.82, 2.24) is 14.9 Å². The van der Waals surface area contributed by atoms with Crippen LogP contribution < -0.4 is 4.90 Å². The first-order valence-electron chi connectivity index (χ1n) is 10.7. The smallest absolute Gasteiger partial charge is 0.228 e. The molecule has 2 amide bonds. The Morgan fingerprint density at radius 1 is 1.20 bits per heavy atom. The number of rotatable bonds is 4. The molecule has 1 atom stereocenters. The number of carbonyl (C=O) groups is 2. The molecule has 1 saturated heterocycles. The number of aromatic nitrogens is 2. The third-order valence-electron chi connectivity index (χ3n) is 6.05. The first-order valence-corrected chi connectivity index (χ1v) is 10.7. The van der Waals surface area contributed by atoms with Crippen LogP contribution in [0.15, 0.2) is 24.3 Å². The Labute approximate surface area is 176 Å². The maximum atomic E-state index is 13.3. The highest BCUT2D eigenvalue weighted by Gasteiger charge is 2.31. The SMILES string of the molecule is CCC(=O)N1CCCC(c2nc(C)c3c(n2)N(Cc2ccc(F)cc2)C(=O)CC3)C1. The normalized spacial score (nSPS) is 19.0. The van der Waals surface area contributed by atoms with E-state index in [9.17, 15) is 14.0 Å². The van der Waals surface area contributed by atoms with Crippen molar-refractivity contribution >= 4 is 17.6 Å². The number of aryl methyl sites for hydroxylation is 1. The number of anilines is 1. The molecule has 2 aromatic rings. The van der Waals surface area contributed by atoms with Crippen LogP contribution in [0, 0.1) is 12.7 Å². The van der Waals surface area contributed by atoms with Gasteiger partial charge < -0.3 is 4.90 Å². The van der Waals surface area contributed by atoms with Crippen molar-refractivity contribution in [3.63, 3.8) is 0 Å². The number of likely N-dealkylation sites (tertiary alicyclic amines) is 1. The summed E-state index contributed by atoms with van der Waals surface area (Å²) in [6.45, 7) is 5.60. The number of nitrogens with zero attached hydrogens (tertiary/aromatic N) is 4. The predicted molar refractivity (Wildman–Crippen MR) is 112 cm³/mol. The summed E-state index contributed by atoms with van der Waals surface area (Å²) in [6.07, 6.45) is 3.40. The highest BCUT2D eigenvalue weighted by atomic mass is 19.1. The van der Waals surface area contributed by atoms with Crippen LogP contribution in [-0.4, -0.2) is 39.8 Å². The van der Waals surface area contributed by atoms with E-state index in [4.69, 9.17) is 9.97 Å². The summed E-state index contributed by atoms with van der Waals surface area (Å²) >= 11 is 0. The lowest BCUT2D eigenvalue weighted by molar-refractivity contribution is -0.132. The molecule has 158 valence electrons. The van der Waals surface area contributed by atoms with Gasteiger partial charge in [-0.3, -0.25) is 14.5 Å². The van der Waals surface area contributed by atoms with Gasteiger partial charge in [0.1, 0.15) is 17.5 Å². The zero-order chi connectivity index (χ0) is 21.3. The van der Waals surface area contributed by atoms with Crippen molar-refractivity contribution < 1.29 is 14.0 Å². The van der Waals surface area contributed by atoms with Gasteiger partial charge in [0.2, 0.25) is 11.8 Å². The summed E-state index contributed by atoms with van der Waals surface area (Å²) in [6, 6.07) is 6.20. The average molecular weight is 410 g/mol. The van der Waals surface area contributed by atoms with Crippen molar-refractivity contribution in [2.75, 3.05) is 18.0 Å². The Hall–Kier alpha value is -2.83. The predicted octanol–water partition coefficient (Wildman–Crippen LogP) is 3.52. The fourth-order valence-corrected chi connectivity index (χ4v) is 4.36. The quantitative estimate of drug-likeness (QED) is 0.774. The van der Waals surface area contributed by atoms with Gasteiger partial charge in [0.05, 0.1) is 6.54 Å². The van der Waals surface area contributed by atoms with E-state index in [1.54, 1.807) is 17.0 Å². The maximum Gasteiger partial charge on any atom is 0.228 e. The molecule has 0 bridgehead atoms. The van der Waals surface area contributed by atoms with Crippen LogP contribution in [0.25, 0.3) is 0 Å². The number of amides is 2. The third-order valence-corrected chi connectivity index (χ3v) is 6.05. The average Bonchev–Trinajstić information content (AvgIpc) is 2.76. The van der Waals surface area contributed by atoms with Crippen LogP contribution in [-0.2, 0) is 22.6 Å². The largest absolute Gasteiger partial charge is 0.342 e.